The van der Waals surface area contributed by atoms with E-state index in [2.05, 4.69) is 102 Å². The van der Waals surface area contributed by atoms with E-state index in [9.17, 15) is 0 Å². The molecule has 2 aliphatic rings. The van der Waals surface area contributed by atoms with Crippen LogP contribution in [-0.2, 0) is 0 Å². The van der Waals surface area contributed by atoms with Gasteiger partial charge in [0.1, 0.15) is 0 Å². The van der Waals surface area contributed by atoms with Crippen molar-refractivity contribution in [2.45, 2.75) is 12.1 Å². The number of nitrogens with one attached hydrogen (secondary N) is 1. The maximum absolute atomic E-state index is 4.00. The second-order valence-electron chi connectivity index (χ2n) is 7.38. The SMILES string of the molecule is c1ccc2c(c1)-c1ccccc1C2NC1c2ccccc2-c2ccccc21. The molecule has 4 aromatic rings. The molecule has 1 heteroatoms. The second-order valence-corrected chi connectivity index (χ2v) is 7.38. The summed E-state index contributed by atoms with van der Waals surface area (Å²) in [7, 11) is 0. The van der Waals surface area contributed by atoms with E-state index in [0.717, 1.165) is 0 Å². The molecule has 0 radical (unpaired) electrons. The normalized spacial score (nSPS) is 14.5. The van der Waals surface area contributed by atoms with Crippen LogP contribution < -0.4 is 5.32 Å². The molecule has 0 aromatic heterocycles. The summed E-state index contributed by atoms with van der Waals surface area (Å²) in [6.07, 6.45) is 0. The molecule has 0 saturated heterocycles. The molecule has 0 aliphatic heterocycles. The van der Waals surface area contributed by atoms with Gasteiger partial charge in [0.25, 0.3) is 0 Å². The fourth-order valence-corrected chi connectivity index (χ4v) is 4.84. The van der Waals surface area contributed by atoms with Crippen molar-refractivity contribution in [3.05, 3.63) is 119 Å². The van der Waals surface area contributed by atoms with Gasteiger partial charge in [-0.3, -0.25) is 5.32 Å². The number of rotatable bonds is 2. The summed E-state index contributed by atoms with van der Waals surface area (Å²) in [6, 6.07) is 35.6. The van der Waals surface area contributed by atoms with E-state index < -0.39 is 0 Å². The van der Waals surface area contributed by atoms with Crippen molar-refractivity contribution in [3.8, 4) is 22.3 Å². The number of hydrogen-bond donors (Lipinski definition) is 1. The summed E-state index contributed by atoms with van der Waals surface area (Å²) in [5, 5.41) is 4.00. The molecule has 0 bridgehead atoms. The van der Waals surface area contributed by atoms with Gasteiger partial charge in [-0.15, -0.1) is 0 Å². The smallest absolute Gasteiger partial charge is 0.0596 e. The van der Waals surface area contributed by atoms with Gasteiger partial charge in [-0.2, -0.15) is 0 Å². The lowest BCUT2D eigenvalue weighted by Crippen LogP contribution is -2.25. The number of fused-ring (bicyclic) bond motifs is 6. The zero-order valence-electron chi connectivity index (χ0n) is 14.9. The van der Waals surface area contributed by atoms with Gasteiger partial charge >= 0.3 is 0 Å². The Morgan fingerprint density at radius 3 is 0.926 bits per heavy atom. The van der Waals surface area contributed by atoms with Crippen LogP contribution in [0.25, 0.3) is 22.3 Å². The molecule has 0 atom stereocenters. The van der Waals surface area contributed by atoms with Crippen LogP contribution >= 0.6 is 0 Å². The van der Waals surface area contributed by atoms with Crippen LogP contribution in [0, 0.1) is 0 Å². The highest BCUT2D eigenvalue weighted by molar-refractivity contribution is 5.80. The highest BCUT2D eigenvalue weighted by Crippen LogP contribution is 2.48. The topological polar surface area (TPSA) is 12.0 Å². The second kappa shape index (κ2) is 5.67. The Hall–Kier alpha value is -3.16. The Kier molecular flexibility index (Phi) is 3.14. The van der Waals surface area contributed by atoms with Crippen LogP contribution in [-0.4, -0.2) is 0 Å². The number of benzene rings is 4. The Balaban J connectivity index is 1.51. The predicted octanol–water partition coefficient (Wildman–Crippen LogP) is 6.12. The largest absolute Gasteiger partial charge is 0.295 e. The fourth-order valence-electron chi connectivity index (χ4n) is 4.84. The third kappa shape index (κ3) is 2.09. The first-order valence-corrected chi connectivity index (χ1v) is 9.54. The van der Waals surface area contributed by atoms with Crippen LogP contribution in [0.15, 0.2) is 97.1 Å². The molecule has 0 saturated carbocycles. The van der Waals surface area contributed by atoms with Crippen LogP contribution in [0.3, 0.4) is 0 Å². The van der Waals surface area contributed by atoms with E-state index in [-0.39, 0.29) is 12.1 Å². The molecule has 0 unspecified atom stereocenters. The third-order valence-electron chi connectivity index (χ3n) is 6.00. The van der Waals surface area contributed by atoms with Crippen molar-refractivity contribution in [3.63, 3.8) is 0 Å². The Morgan fingerprint density at radius 2 is 0.630 bits per heavy atom. The first kappa shape index (κ1) is 15.0. The van der Waals surface area contributed by atoms with Gasteiger partial charge in [0.05, 0.1) is 12.1 Å². The van der Waals surface area contributed by atoms with E-state index >= 15 is 0 Å². The molecule has 0 spiro atoms. The van der Waals surface area contributed by atoms with Gasteiger partial charge in [0.2, 0.25) is 0 Å². The van der Waals surface area contributed by atoms with Gasteiger partial charge in [-0.05, 0) is 44.5 Å². The predicted molar refractivity (Wildman–Crippen MR) is 111 cm³/mol. The van der Waals surface area contributed by atoms with Crippen LogP contribution in [0.5, 0.6) is 0 Å². The average Bonchev–Trinajstić information content (AvgIpc) is 3.23. The van der Waals surface area contributed by atoms with Crippen LogP contribution in [0.4, 0.5) is 0 Å². The molecule has 4 aromatic carbocycles. The summed E-state index contributed by atoms with van der Waals surface area (Å²) in [5.41, 5.74) is 10.9. The molecule has 1 nitrogen and oxygen atoms in total. The van der Waals surface area contributed by atoms with Crippen molar-refractivity contribution in [2.24, 2.45) is 0 Å². The Labute approximate surface area is 159 Å². The van der Waals surface area contributed by atoms with E-state index in [1.807, 2.05) is 0 Å². The molecule has 2 aliphatic carbocycles. The average molecular weight is 345 g/mol. The lowest BCUT2D eigenvalue weighted by molar-refractivity contribution is 0.555. The lowest BCUT2D eigenvalue weighted by atomic mass is 10.00. The molecule has 27 heavy (non-hydrogen) atoms. The van der Waals surface area contributed by atoms with Gasteiger partial charge in [-0.25, -0.2) is 0 Å². The highest BCUT2D eigenvalue weighted by atomic mass is 15.0. The van der Waals surface area contributed by atoms with Crippen molar-refractivity contribution < 1.29 is 0 Å². The van der Waals surface area contributed by atoms with Gasteiger partial charge in [-0.1, -0.05) is 97.1 Å². The Bertz CT molecular complexity index is 990. The zero-order valence-corrected chi connectivity index (χ0v) is 14.9. The first-order chi connectivity index (χ1) is 13.4. The zero-order chi connectivity index (χ0) is 17.8. The number of hydrogen-bond acceptors (Lipinski definition) is 1. The molecule has 0 heterocycles. The van der Waals surface area contributed by atoms with Gasteiger partial charge in [0, 0.05) is 0 Å². The molecule has 6 rings (SSSR count). The van der Waals surface area contributed by atoms with E-state index in [4.69, 9.17) is 0 Å². The van der Waals surface area contributed by atoms with E-state index in [1.165, 1.54) is 44.5 Å². The van der Waals surface area contributed by atoms with E-state index in [0.29, 0.717) is 0 Å². The standard InChI is InChI=1S/C26H19N/c1-5-13-21-17(9-1)18-10-2-6-14-22(18)25(21)27-26-23-15-7-3-11-19(23)20-12-4-8-16-24(20)26/h1-16,25-27H. The maximum atomic E-state index is 4.00. The van der Waals surface area contributed by atoms with Gasteiger partial charge < -0.3 is 0 Å². The molecule has 0 amide bonds. The summed E-state index contributed by atoms with van der Waals surface area (Å²) in [4.78, 5) is 0. The summed E-state index contributed by atoms with van der Waals surface area (Å²) in [5.74, 6) is 0. The third-order valence-corrected chi connectivity index (χ3v) is 6.00. The molecule has 128 valence electrons. The van der Waals surface area contributed by atoms with Crippen LogP contribution in [0.2, 0.25) is 0 Å². The molecule has 0 fully saturated rings. The lowest BCUT2D eigenvalue weighted by Gasteiger charge is -2.23. The van der Waals surface area contributed by atoms with Crippen molar-refractivity contribution >= 4 is 0 Å². The maximum Gasteiger partial charge on any atom is 0.0596 e. The van der Waals surface area contributed by atoms with Crippen molar-refractivity contribution in [1.29, 1.82) is 0 Å². The molecular weight excluding hydrogens is 326 g/mol. The Morgan fingerprint density at radius 1 is 0.370 bits per heavy atom. The minimum absolute atomic E-state index is 0.210. The highest BCUT2D eigenvalue weighted by Gasteiger charge is 2.34. The molecule has 1 N–H and O–H groups in total. The van der Waals surface area contributed by atoms with Crippen LogP contribution in [0.1, 0.15) is 34.3 Å². The van der Waals surface area contributed by atoms with Crippen molar-refractivity contribution in [1.82, 2.24) is 5.32 Å². The summed E-state index contributed by atoms with van der Waals surface area (Å²) >= 11 is 0. The summed E-state index contributed by atoms with van der Waals surface area (Å²) < 4.78 is 0. The monoisotopic (exact) mass is 345 g/mol. The van der Waals surface area contributed by atoms with E-state index in [1.54, 1.807) is 0 Å². The first-order valence-electron chi connectivity index (χ1n) is 9.54. The fraction of sp³-hybridized carbons (Fsp3) is 0.0769. The summed E-state index contributed by atoms with van der Waals surface area (Å²) in [6.45, 7) is 0. The molecular formula is C26H19N. The van der Waals surface area contributed by atoms with Crippen molar-refractivity contribution in [2.75, 3.05) is 0 Å². The quantitative estimate of drug-likeness (QED) is 0.462. The van der Waals surface area contributed by atoms with Gasteiger partial charge in [0.15, 0.2) is 0 Å². The minimum Gasteiger partial charge on any atom is -0.295 e. The minimum atomic E-state index is 0.210.